The SMILES string of the molecule is NC(=O)CN1CCC(N2CCC(C(=O)c3ccc4c(c3)CCO4)CC2)C1=O. The summed E-state index contributed by atoms with van der Waals surface area (Å²) in [7, 11) is 0. The van der Waals surface area contributed by atoms with Crippen LogP contribution in [0.4, 0.5) is 0 Å². The maximum atomic E-state index is 12.9. The molecule has 2 N–H and O–H groups in total. The smallest absolute Gasteiger partial charge is 0.240 e. The molecule has 0 bridgehead atoms. The molecular weight excluding hydrogens is 346 g/mol. The van der Waals surface area contributed by atoms with Gasteiger partial charge in [-0.1, -0.05) is 0 Å². The first-order valence-corrected chi connectivity index (χ1v) is 9.64. The molecule has 0 radical (unpaired) electrons. The molecule has 3 aliphatic heterocycles. The van der Waals surface area contributed by atoms with E-state index in [0.717, 1.165) is 55.6 Å². The number of ketones is 1. The van der Waals surface area contributed by atoms with Gasteiger partial charge in [0.2, 0.25) is 11.8 Å². The summed E-state index contributed by atoms with van der Waals surface area (Å²) >= 11 is 0. The van der Waals surface area contributed by atoms with E-state index in [0.29, 0.717) is 13.2 Å². The van der Waals surface area contributed by atoms with Crippen LogP contribution in [0, 0.1) is 5.92 Å². The fourth-order valence-corrected chi connectivity index (χ4v) is 4.46. The van der Waals surface area contributed by atoms with Gasteiger partial charge in [-0.05, 0) is 56.1 Å². The zero-order valence-corrected chi connectivity index (χ0v) is 15.4. The molecular formula is C20H25N3O4. The first-order valence-electron chi connectivity index (χ1n) is 9.64. The number of hydrogen-bond acceptors (Lipinski definition) is 5. The monoisotopic (exact) mass is 371 g/mol. The largest absolute Gasteiger partial charge is 0.493 e. The maximum absolute atomic E-state index is 12.9. The van der Waals surface area contributed by atoms with E-state index in [-0.39, 0.29) is 30.2 Å². The number of ether oxygens (including phenoxy) is 1. The van der Waals surface area contributed by atoms with Crippen LogP contribution in [0.25, 0.3) is 0 Å². The van der Waals surface area contributed by atoms with Crippen LogP contribution in [-0.4, -0.2) is 66.2 Å². The second kappa shape index (κ2) is 7.31. The second-order valence-corrected chi connectivity index (χ2v) is 7.63. The summed E-state index contributed by atoms with van der Waals surface area (Å²) in [6.07, 6.45) is 3.09. The van der Waals surface area contributed by atoms with Crippen LogP contribution in [-0.2, 0) is 16.0 Å². The second-order valence-electron chi connectivity index (χ2n) is 7.63. The highest BCUT2D eigenvalue weighted by atomic mass is 16.5. The Bertz CT molecular complexity index is 770. The molecule has 7 nitrogen and oxygen atoms in total. The Balaban J connectivity index is 1.34. The van der Waals surface area contributed by atoms with E-state index in [2.05, 4.69) is 4.90 Å². The summed E-state index contributed by atoms with van der Waals surface area (Å²) in [5, 5.41) is 0. The van der Waals surface area contributed by atoms with Crippen molar-refractivity contribution in [2.45, 2.75) is 31.7 Å². The minimum absolute atomic E-state index is 0.000140. The summed E-state index contributed by atoms with van der Waals surface area (Å²) < 4.78 is 5.51. The highest BCUT2D eigenvalue weighted by Gasteiger charge is 2.38. The molecule has 1 atom stereocenters. The van der Waals surface area contributed by atoms with Crippen LogP contribution in [0.1, 0.15) is 35.2 Å². The lowest BCUT2D eigenvalue weighted by Crippen LogP contribution is -2.47. The molecule has 2 saturated heterocycles. The van der Waals surface area contributed by atoms with Gasteiger partial charge in [-0.15, -0.1) is 0 Å². The number of hydrogen-bond donors (Lipinski definition) is 1. The summed E-state index contributed by atoms with van der Waals surface area (Å²) in [5.74, 6) is 0.587. The third-order valence-corrected chi connectivity index (χ3v) is 5.93. The number of benzene rings is 1. The van der Waals surface area contributed by atoms with Crippen molar-refractivity contribution in [2.24, 2.45) is 11.7 Å². The lowest BCUT2D eigenvalue weighted by atomic mass is 9.87. The Morgan fingerprint density at radius 2 is 1.93 bits per heavy atom. The molecule has 4 rings (SSSR count). The first kappa shape index (κ1) is 18.0. The number of Topliss-reactive ketones (excluding diaryl/α,β-unsaturated/α-hetero) is 1. The van der Waals surface area contributed by atoms with E-state index >= 15 is 0 Å². The van der Waals surface area contributed by atoms with Crippen LogP contribution >= 0.6 is 0 Å². The molecule has 27 heavy (non-hydrogen) atoms. The van der Waals surface area contributed by atoms with E-state index in [4.69, 9.17) is 10.5 Å². The van der Waals surface area contributed by atoms with Crippen LogP contribution < -0.4 is 10.5 Å². The number of carbonyl (C=O) groups excluding carboxylic acids is 3. The summed E-state index contributed by atoms with van der Waals surface area (Å²) in [5.41, 5.74) is 7.09. The number of fused-ring (bicyclic) bond motifs is 1. The normalized spacial score (nSPS) is 23.3. The predicted molar refractivity (Wildman–Crippen MR) is 98.4 cm³/mol. The molecule has 2 amide bonds. The van der Waals surface area contributed by atoms with Gasteiger partial charge in [0.15, 0.2) is 5.78 Å². The molecule has 1 unspecified atom stereocenters. The maximum Gasteiger partial charge on any atom is 0.240 e. The zero-order valence-electron chi connectivity index (χ0n) is 15.4. The molecule has 7 heteroatoms. The molecule has 144 valence electrons. The lowest BCUT2D eigenvalue weighted by molar-refractivity contribution is -0.135. The molecule has 1 aromatic carbocycles. The van der Waals surface area contributed by atoms with Crippen LogP contribution in [0.5, 0.6) is 5.75 Å². The Kier molecular flexibility index (Phi) is 4.86. The molecule has 0 aromatic heterocycles. The van der Waals surface area contributed by atoms with E-state index in [1.54, 1.807) is 0 Å². The van der Waals surface area contributed by atoms with Gasteiger partial charge in [0.1, 0.15) is 5.75 Å². The van der Waals surface area contributed by atoms with E-state index in [1.807, 2.05) is 18.2 Å². The van der Waals surface area contributed by atoms with Crippen molar-refractivity contribution in [3.63, 3.8) is 0 Å². The lowest BCUT2D eigenvalue weighted by Gasteiger charge is -2.34. The van der Waals surface area contributed by atoms with Crippen molar-refractivity contribution in [1.82, 2.24) is 9.80 Å². The van der Waals surface area contributed by atoms with E-state index < -0.39 is 5.91 Å². The van der Waals surface area contributed by atoms with Crippen molar-refractivity contribution < 1.29 is 19.1 Å². The summed E-state index contributed by atoms with van der Waals surface area (Å²) in [4.78, 5) is 40.1. The molecule has 0 spiro atoms. The van der Waals surface area contributed by atoms with Gasteiger partial charge in [0.25, 0.3) is 0 Å². The van der Waals surface area contributed by atoms with E-state index in [1.165, 1.54) is 4.90 Å². The molecule has 3 aliphatic rings. The number of primary amides is 1. The average Bonchev–Trinajstić information content (AvgIpc) is 3.27. The first-order chi connectivity index (χ1) is 13.0. The summed E-state index contributed by atoms with van der Waals surface area (Å²) in [6, 6.07) is 5.55. The number of nitrogens with zero attached hydrogens (tertiary/aromatic N) is 2. The van der Waals surface area contributed by atoms with Crippen molar-refractivity contribution in [2.75, 3.05) is 32.8 Å². The number of amides is 2. The number of nitrogens with two attached hydrogens (primary N) is 1. The number of carbonyl (C=O) groups is 3. The molecule has 1 aromatic rings. The predicted octanol–water partition coefficient (Wildman–Crippen LogP) is 0.602. The van der Waals surface area contributed by atoms with Gasteiger partial charge in [-0.25, -0.2) is 0 Å². The van der Waals surface area contributed by atoms with Gasteiger partial charge < -0.3 is 15.4 Å². The van der Waals surface area contributed by atoms with Crippen LogP contribution in [0.15, 0.2) is 18.2 Å². The van der Waals surface area contributed by atoms with Crippen molar-refractivity contribution in [1.29, 1.82) is 0 Å². The van der Waals surface area contributed by atoms with Gasteiger partial charge in [0.05, 0.1) is 19.2 Å². The Hall–Kier alpha value is -2.41. The van der Waals surface area contributed by atoms with Gasteiger partial charge in [-0.2, -0.15) is 0 Å². The number of piperidine rings is 1. The van der Waals surface area contributed by atoms with Gasteiger partial charge >= 0.3 is 0 Å². The highest BCUT2D eigenvalue weighted by molar-refractivity contribution is 5.98. The Labute approximate surface area is 158 Å². The fraction of sp³-hybridized carbons (Fsp3) is 0.550. The quantitative estimate of drug-likeness (QED) is 0.765. The minimum atomic E-state index is -0.479. The standard InChI is InChI=1S/C20H25N3O4/c21-18(24)12-23-9-5-16(20(23)26)22-7-3-13(4-8-22)19(25)15-1-2-17-14(11-15)6-10-27-17/h1-2,11,13,16H,3-10,12H2,(H2,21,24). The minimum Gasteiger partial charge on any atom is -0.493 e. The topological polar surface area (TPSA) is 92.9 Å². The van der Waals surface area contributed by atoms with Crippen molar-refractivity contribution >= 4 is 17.6 Å². The highest BCUT2D eigenvalue weighted by Crippen LogP contribution is 2.30. The third-order valence-electron chi connectivity index (χ3n) is 5.93. The fourth-order valence-electron chi connectivity index (χ4n) is 4.46. The van der Waals surface area contributed by atoms with Gasteiger partial charge in [-0.3, -0.25) is 19.3 Å². The van der Waals surface area contributed by atoms with Crippen LogP contribution in [0.2, 0.25) is 0 Å². The van der Waals surface area contributed by atoms with Crippen molar-refractivity contribution in [3.8, 4) is 5.75 Å². The number of rotatable bonds is 5. The number of likely N-dealkylation sites (tertiary alicyclic amines) is 2. The van der Waals surface area contributed by atoms with Gasteiger partial charge in [0, 0.05) is 24.4 Å². The average molecular weight is 371 g/mol. The van der Waals surface area contributed by atoms with Crippen LogP contribution in [0.3, 0.4) is 0 Å². The Morgan fingerprint density at radius 1 is 1.15 bits per heavy atom. The molecule has 0 saturated carbocycles. The van der Waals surface area contributed by atoms with E-state index in [9.17, 15) is 14.4 Å². The molecule has 3 heterocycles. The Morgan fingerprint density at radius 3 is 2.67 bits per heavy atom. The third kappa shape index (κ3) is 3.56. The summed E-state index contributed by atoms with van der Waals surface area (Å²) in [6.45, 7) is 2.71. The van der Waals surface area contributed by atoms with Crippen molar-refractivity contribution in [3.05, 3.63) is 29.3 Å². The molecule has 0 aliphatic carbocycles. The zero-order chi connectivity index (χ0) is 19.0. The molecule has 2 fully saturated rings.